The molecule has 0 amide bonds. The molecule has 13 heavy (non-hydrogen) atoms. The molecule has 2 aromatic rings. The normalized spacial score (nSPS) is 10.6. The Morgan fingerprint density at radius 2 is 2.23 bits per heavy atom. The lowest BCUT2D eigenvalue weighted by molar-refractivity contribution is 0.412. The van der Waals surface area contributed by atoms with Gasteiger partial charge in [-0.15, -0.1) is 0 Å². The lowest BCUT2D eigenvalue weighted by Gasteiger charge is -2.03. The number of ether oxygens (including phenoxy) is 1. The van der Waals surface area contributed by atoms with Crippen LogP contribution in [0.3, 0.4) is 0 Å². The molecule has 0 aliphatic heterocycles. The van der Waals surface area contributed by atoms with Crippen LogP contribution in [0.15, 0.2) is 12.1 Å². The van der Waals surface area contributed by atoms with Crippen LogP contribution in [0.5, 0.6) is 5.75 Å². The SMILES string of the molecule is COc1ccc2sc(N)nc2c1C. The van der Waals surface area contributed by atoms with Crippen molar-refractivity contribution in [3.8, 4) is 5.75 Å². The first kappa shape index (κ1) is 8.31. The summed E-state index contributed by atoms with van der Waals surface area (Å²) >= 11 is 1.50. The molecule has 0 radical (unpaired) electrons. The van der Waals surface area contributed by atoms with Gasteiger partial charge < -0.3 is 10.5 Å². The lowest BCUT2D eigenvalue weighted by atomic mass is 10.2. The zero-order valence-electron chi connectivity index (χ0n) is 7.50. The van der Waals surface area contributed by atoms with Crippen molar-refractivity contribution in [1.82, 2.24) is 4.98 Å². The summed E-state index contributed by atoms with van der Waals surface area (Å²) in [6.07, 6.45) is 0. The lowest BCUT2D eigenvalue weighted by Crippen LogP contribution is -1.87. The van der Waals surface area contributed by atoms with Gasteiger partial charge in [0.1, 0.15) is 5.75 Å². The number of hydrogen-bond acceptors (Lipinski definition) is 4. The van der Waals surface area contributed by atoms with Crippen molar-refractivity contribution < 1.29 is 4.74 Å². The summed E-state index contributed by atoms with van der Waals surface area (Å²) in [5, 5.41) is 0.603. The summed E-state index contributed by atoms with van der Waals surface area (Å²) < 4.78 is 6.29. The molecular formula is C9H10N2OS. The number of nitrogens with two attached hydrogens (primary N) is 1. The molecule has 0 saturated carbocycles. The molecule has 0 aliphatic carbocycles. The number of anilines is 1. The smallest absolute Gasteiger partial charge is 0.181 e. The molecule has 2 rings (SSSR count). The molecule has 1 aromatic carbocycles. The van der Waals surface area contributed by atoms with Crippen molar-refractivity contribution >= 4 is 26.7 Å². The van der Waals surface area contributed by atoms with E-state index in [2.05, 4.69) is 4.98 Å². The summed E-state index contributed by atoms with van der Waals surface area (Å²) in [6.45, 7) is 1.99. The van der Waals surface area contributed by atoms with Gasteiger partial charge in [-0.25, -0.2) is 4.98 Å². The number of aromatic nitrogens is 1. The molecule has 2 N–H and O–H groups in total. The van der Waals surface area contributed by atoms with Gasteiger partial charge in [-0.05, 0) is 19.1 Å². The highest BCUT2D eigenvalue weighted by atomic mass is 32.1. The number of nitrogens with zero attached hydrogens (tertiary/aromatic N) is 1. The number of methoxy groups -OCH3 is 1. The van der Waals surface area contributed by atoms with Crippen LogP contribution in [0.1, 0.15) is 5.56 Å². The Bertz CT molecular complexity index is 450. The minimum Gasteiger partial charge on any atom is -0.496 e. The van der Waals surface area contributed by atoms with Gasteiger partial charge in [0.05, 0.1) is 17.3 Å². The van der Waals surface area contributed by atoms with Crippen molar-refractivity contribution in [2.45, 2.75) is 6.92 Å². The first-order chi connectivity index (χ1) is 6.22. The highest BCUT2D eigenvalue weighted by molar-refractivity contribution is 7.22. The molecule has 0 aliphatic rings. The van der Waals surface area contributed by atoms with Crippen LogP contribution in [0.25, 0.3) is 10.2 Å². The molecule has 1 heterocycles. The van der Waals surface area contributed by atoms with Crippen LogP contribution in [0.2, 0.25) is 0 Å². The molecule has 0 unspecified atom stereocenters. The highest BCUT2D eigenvalue weighted by Gasteiger charge is 2.07. The third-order valence-corrected chi connectivity index (χ3v) is 2.85. The average molecular weight is 194 g/mol. The van der Waals surface area contributed by atoms with E-state index in [1.165, 1.54) is 11.3 Å². The van der Waals surface area contributed by atoms with Gasteiger partial charge in [0.15, 0.2) is 5.13 Å². The predicted molar refractivity (Wildman–Crippen MR) is 55.3 cm³/mol. The van der Waals surface area contributed by atoms with Crippen molar-refractivity contribution in [2.24, 2.45) is 0 Å². The molecule has 4 heteroatoms. The summed E-state index contributed by atoms with van der Waals surface area (Å²) in [4.78, 5) is 4.24. The molecule has 1 aromatic heterocycles. The number of aryl methyl sites for hydroxylation is 1. The molecule has 3 nitrogen and oxygen atoms in total. The topological polar surface area (TPSA) is 48.1 Å². The van der Waals surface area contributed by atoms with Gasteiger partial charge >= 0.3 is 0 Å². The number of hydrogen-bond donors (Lipinski definition) is 1. The Morgan fingerprint density at radius 3 is 2.92 bits per heavy atom. The molecule has 0 saturated heterocycles. The second kappa shape index (κ2) is 2.88. The van der Waals surface area contributed by atoms with Gasteiger partial charge in [0.25, 0.3) is 0 Å². The fourth-order valence-corrected chi connectivity index (χ4v) is 2.14. The van der Waals surface area contributed by atoms with E-state index in [-0.39, 0.29) is 0 Å². The Hall–Kier alpha value is -1.29. The van der Waals surface area contributed by atoms with E-state index in [0.29, 0.717) is 5.13 Å². The number of benzene rings is 1. The quantitative estimate of drug-likeness (QED) is 0.757. The maximum atomic E-state index is 5.62. The van der Waals surface area contributed by atoms with E-state index in [0.717, 1.165) is 21.5 Å². The van der Waals surface area contributed by atoms with E-state index in [1.807, 2.05) is 19.1 Å². The Kier molecular flexibility index (Phi) is 1.84. The van der Waals surface area contributed by atoms with Crippen molar-refractivity contribution in [2.75, 3.05) is 12.8 Å². The molecule has 0 atom stereocenters. The van der Waals surface area contributed by atoms with Gasteiger partial charge in [0.2, 0.25) is 0 Å². The van der Waals surface area contributed by atoms with Crippen LogP contribution in [0, 0.1) is 6.92 Å². The molecule has 0 bridgehead atoms. The first-order valence-electron chi connectivity index (χ1n) is 3.92. The Balaban J connectivity index is 2.78. The Labute approximate surface area is 80.2 Å². The van der Waals surface area contributed by atoms with Crippen LogP contribution in [-0.2, 0) is 0 Å². The monoisotopic (exact) mass is 194 g/mol. The van der Waals surface area contributed by atoms with E-state index in [9.17, 15) is 0 Å². The average Bonchev–Trinajstić information content (AvgIpc) is 2.47. The number of thiazole rings is 1. The van der Waals surface area contributed by atoms with Crippen molar-refractivity contribution in [3.63, 3.8) is 0 Å². The summed E-state index contributed by atoms with van der Waals surface area (Å²) in [7, 11) is 1.66. The van der Waals surface area contributed by atoms with Crippen molar-refractivity contribution in [1.29, 1.82) is 0 Å². The van der Waals surface area contributed by atoms with Crippen molar-refractivity contribution in [3.05, 3.63) is 17.7 Å². The van der Waals surface area contributed by atoms with Crippen LogP contribution in [0.4, 0.5) is 5.13 Å². The first-order valence-corrected chi connectivity index (χ1v) is 4.73. The van der Waals surface area contributed by atoms with E-state index >= 15 is 0 Å². The van der Waals surface area contributed by atoms with Gasteiger partial charge in [-0.1, -0.05) is 11.3 Å². The molecular weight excluding hydrogens is 184 g/mol. The molecule has 0 fully saturated rings. The minimum absolute atomic E-state index is 0.603. The summed E-state index contributed by atoms with van der Waals surface area (Å²) in [5.74, 6) is 0.859. The van der Waals surface area contributed by atoms with E-state index < -0.39 is 0 Å². The highest BCUT2D eigenvalue weighted by Crippen LogP contribution is 2.31. The van der Waals surface area contributed by atoms with Gasteiger partial charge in [0, 0.05) is 5.56 Å². The van der Waals surface area contributed by atoms with Crippen LogP contribution < -0.4 is 10.5 Å². The number of rotatable bonds is 1. The summed E-state index contributed by atoms with van der Waals surface area (Å²) in [6, 6.07) is 3.92. The number of fused-ring (bicyclic) bond motifs is 1. The third kappa shape index (κ3) is 1.23. The largest absolute Gasteiger partial charge is 0.496 e. The second-order valence-corrected chi connectivity index (χ2v) is 3.85. The Morgan fingerprint density at radius 1 is 1.46 bits per heavy atom. The van der Waals surface area contributed by atoms with Gasteiger partial charge in [-0.2, -0.15) is 0 Å². The number of nitrogen functional groups attached to an aromatic ring is 1. The fourth-order valence-electron chi connectivity index (χ4n) is 1.34. The molecule has 68 valence electrons. The van der Waals surface area contributed by atoms with E-state index in [1.54, 1.807) is 7.11 Å². The maximum absolute atomic E-state index is 5.62. The maximum Gasteiger partial charge on any atom is 0.181 e. The second-order valence-electron chi connectivity index (χ2n) is 2.79. The standard InChI is InChI=1S/C9H10N2OS/c1-5-6(12-2)3-4-7-8(5)11-9(10)13-7/h3-4H,1-2H3,(H2,10,11). The minimum atomic E-state index is 0.603. The van der Waals surface area contributed by atoms with Gasteiger partial charge in [-0.3, -0.25) is 0 Å². The van der Waals surface area contributed by atoms with Crippen LogP contribution in [-0.4, -0.2) is 12.1 Å². The van der Waals surface area contributed by atoms with E-state index in [4.69, 9.17) is 10.5 Å². The zero-order valence-corrected chi connectivity index (χ0v) is 8.31. The third-order valence-electron chi connectivity index (χ3n) is 2.00. The van der Waals surface area contributed by atoms with Crippen LogP contribution >= 0.6 is 11.3 Å². The molecule has 0 spiro atoms. The predicted octanol–water partition coefficient (Wildman–Crippen LogP) is 2.20. The zero-order chi connectivity index (χ0) is 9.42. The fraction of sp³-hybridized carbons (Fsp3) is 0.222. The summed E-state index contributed by atoms with van der Waals surface area (Å²) in [5.41, 5.74) is 7.61.